The fourth-order valence-electron chi connectivity index (χ4n) is 2.68. The number of esters is 1. The Morgan fingerprint density at radius 1 is 1.38 bits per heavy atom. The second kappa shape index (κ2) is 6.05. The first-order valence-corrected chi connectivity index (χ1v) is 7.06. The molecule has 1 aromatic heterocycles. The van der Waals surface area contributed by atoms with E-state index in [-0.39, 0.29) is 12.0 Å². The lowest BCUT2D eigenvalue weighted by molar-refractivity contribution is -0.146. The summed E-state index contributed by atoms with van der Waals surface area (Å²) in [5.74, 6) is -0.164. The minimum absolute atomic E-state index is 0.156. The number of carbonyl (C=O) groups excluding carboxylic acids is 1. The van der Waals surface area contributed by atoms with E-state index in [2.05, 4.69) is 15.1 Å². The predicted molar refractivity (Wildman–Crippen MR) is 76.8 cm³/mol. The lowest BCUT2D eigenvalue weighted by Crippen LogP contribution is -2.36. The zero-order chi connectivity index (χ0) is 14.7. The normalized spacial score (nSPS) is 18.8. The highest BCUT2D eigenvalue weighted by Gasteiger charge is 2.31. The van der Waals surface area contributed by atoms with E-state index in [1.54, 1.807) is 11.0 Å². The summed E-state index contributed by atoms with van der Waals surface area (Å²) < 4.78 is 4.85. The van der Waals surface area contributed by atoms with Crippen LogP contribution >= 0.6 is 0 Å². The van der Waals surface area contributed by atoms with Gasteiger partial charge in [0.2, 0.25) is 0 Å². The van der Waals surface area contributed by atoms with Gasteiger partial charge in [-0.3, -0.25) is 9.69 Å². The van der Waals surface area contributed by atoms with Crippen LogP contribution in [0.15, 0.2) is 36.5 Å². The van der Waals surface area contributed by atoms with Crippen molar-refractivity contribution in [2.75, 3.05) is 13.7 Å². The summed E-state index contributed by atoms with van der Waals surface area (Å²) in [6, 6.07) is 9.61. The van der Waals surface area contributed by atoms with E-state index in [1.165, 1.54) is 7.11 Å². The standard InChI is InChI=1S/C15H18N4O2/c1-21-15(20)14-8-5-9-18(14)11-12-10-16-19(17-12)13-6-3-2-4-7-13/h2-4,6-7,10,14H,5,8-9,11H2,1H3. The Morgan fingerprint density at radius 3 is 2.95 bits per heavy atom. The van der Waals surface area contributed by atoms with Crippen molar-refractivity contribution in [3.63, 3.8) is 0 Å². The van der Waals surface area contributed by atoms with Crippen LogP contribution in [0.2, 0.25) is 0 Å². The van der Waals surface area contributed by atoms with Gasteiger partial charge in [0.05, 0.1) is 24.7 Å². The van der Waals surface area contributed by atoms with Crippen molar-refractivity contribution in [3.8, 4) is 5.69 Å². The van der Waals surface area contributed by atoms with Gasteiger partial charge in [0.1, 0.15) is 6.04 Å². The number of para-hydroxylation sites is 1. The summed E-state index contributed by atoms with van der Waals surface area (Å²) in [6.07, 6.45) is 3.60. The summed E-state index contributed by atoms with van der Waals surface area (Å²) in [4.78, 5) is 15.4. The average molecular weight is 286 g/mol. The van der Waals surface area contributed by atoms with Gasteiger partial charge in [-0.25, -0.2) is 0 Å². The molecule has 0 radical (unpaired) electrons. The highest BCUT2D eigenvalue weighted by molar-refractivity contribution is 5.75. The van der Waals surface area contributed by atoms with Crippen molar-refractivity contribution < 1.29 is 9.53 Å². The molecule has 1 aliphatic rings. The van der Waals surface area contributed by atoms with E-state index in [4.69, 9.17) is 4.74 Å². The number of likely N-dealkylation sites (tertiary alicyclic amines) is 1. The van der Waals surface area contributed by atoms with Crippen LogP contribution < -0.4 is 0 Å². The minimum atomic E-state index is -0.164. The van der Waals surface area contributed by atoms with Gasteiger partial charge in [0.15, 0.2) is 0 Å². The van der Waals surface area contributed by atoms with E-state index in [9.17, 15) is 4.79 Å². The van der Waals surface area contributed by atoms with Crippen molar-refractivity contribution in [2.45, 2.75) is 25.4 Å². The summed E-state index contributed by atoms with van der Waals surface area (Å²) in [5.41, 5.74) is 1.78. The minimum Gasteiger partial charge on any atom is -0.468 e. The van der Waals surface area contributed by atoms with Gasteiger partial charge in [-0.1, -0.05) is 18.2 Å². The molecule has 0 spiro atoms. The van der Waals surface area contributed by atoms with Gasteiger partial charge in [0.25, 0.3) is 0 Å². The zero-order valence-corrected chi connectivity index (χ0v) is 12.0. The SMILES string of the molecule is COC(=O)C1CCCN1Cc1cnn(-c2ccccc2)n1. The second-order valence-electron chi connectivity index (χ2n) is 5.11. The number of hydrogen-bond donors (Lipinski definition) is 0. The van der Waals surface area contributed by atoms with Crippen molar-refractivity contribution in [1.29, 1.82) is 0 Å². The van der Waals surface area contributed by atoms with Crippen molar-refractivity contribution in [3.05, 3.63) is 42.2 Å². The molecule has 110 valence electrons. The van der Waals surface area contributed by atoms with Gasteiger partial charge in [-0.2, -0.15) is 15.0 Å². The maximum Gasteiger partial charge on any atom is 0.323 e. The lowest BCUT2D eigenvalue weighted by Gasteiger charge is -2.20. The molecular formula is C15H18N4O2. The Kier molecular flexibility index (Phi) is 3.96. The molecule has 3 rings (SSSR count). The molecular weight excluding hydrogens is 268 g/mol. The van der Waals surface area contributed by atoms with Crippen LogP contribution in [0.3, 0.4) is 0 Å². The largest absolute Gasteiger partial charge is 0.468 e. The van der Waals surface area contributed by atoms with Crippen molar-refractivity contribution in [2.24, 2.45) is 0 Å². The van der Waals surface area contributed by atoms with Crippen LogP contribution in [0.5, 0.6) is 0 Å². The van der Waals surface area contributed by atoms with E-state index in [0.29, 0.717) is 6.54 Å². The van der Waals surface area contributed by atoms with Gasteiger partial charge < -0.3 is 4.74 Å². The van der Waals surface area contributed by atoms with Crippen LogP contribution in [0.1, 0.15) is 18.5 Å². The van der Waals surface area contributed by atoms with Gasteiger partial charge in [-0.15, -0.1) is 0 Å². The quantitative estimate of drug-likeness (QED) is 0.795. The number of rotatable bonds is 4. The highest BCUT2D eigenvalue weighted by Crippen LogP contribution is 2.20. The molecule has 1 fully saturated rings. The molecule has 0 aliphatic carbocycles. The topological polar surface area (TPSA) is 60.2 Å². The lowest BCUT2D eigenvalue weighted by atomic mass is 10.2. The first-order chi connectivity index (χ1) is 10.3. The Hall–Kier alpha value is -2.21. The van der Waals surface area contributed by atoms with Crippen molar-refractivity contribution >= 4 is 5.97 Å². The summed E-state index contributed by atoms with van der Waals surface area (Å²) in [7, 11) is 1.44. The zero-order valence-electron chi connectivity index (χ0n) is 12.0. The number of nitrogens with zero attached hydrogens (tertiary/aromatic N) is 4. The molecule has 0 bridgehead atoms. The van der Waals surface area contributed by atoms with Crippen LogP contribution in [-0.4, -0.2) is 45.6 Å². The highest BCUT2D eigenvalue weighted by atomic mass is 16.5. The third-order valence-electron chi connectivity index (χ3n) is 3.73. The van der Waals surface area contributed by atoms with Crippen LogP contribution in [0.25, 0.3) is 5.69 Å². The first kappa shape index (κ1) is 13.8. The van der Waals surface area contributed by atoms with E-state index >= 15 is 0 Å². The Balaban J connectivity index is 1.71. The van der Waals surface area contributed by atoms with Crippen LogP contribution in [0.4, 0.5) is 0 Å². The Bertz CT molecular complexity index is 611. The molecule has 1 aliphatic heterocycles. The molecule has 0 saturated carbocycles. The number of hydrogen-bond acceptors (Lipinski definition) is 5. The molecule has 1 atom stereocenters. The Labute approximate surface area is 123 Å². The average Bonchev–Trinajstić information content (AvgIpc) is 3.17. The molecule has 6 nitrogen and oxygen atoms in total. The first-order valence-electron chi connectivity index (χ1n) is 7.06. The number of ether oxygens (including phenoxy) is 1. The molecule has 2 heterocycles. The van der Waals surface area contributed by atoms with Gasteiger partial charge in [-0.05, 0) is 31.5 Å². The molecule has 1 saturated heterocycles. The second-order valence-corrected chi connectivity index (χ2v) is 5.11. The fourth-order valence-corrected chi connectivity index (χ4v) is 2.68. The molecule has 1 aromatic carbocycles. The fraction of sp³-hybridized carbons (Fsp3) is 0.400. The summed E-state index contributed by atoms with van der Waals surface area (Å²) in [5, 5.41) is 8.76. The number of carbonyl (C=O) groups is 1. The third-order valence-corrected chi connectivity index (χ3v) is 3.73. The molecule has 21 heavy (non-hydrogen) atoms. The van der Waals surface area contributed by atoms with Crippen LogP contribution in [0, 0.1) is 0 Å². The monoisotopic (exact) mass is 286 g/mol. The van der Waals surface area contributed by atoms with Gasteiger partial charge >= 0.3 is 5.97 Å². The maximum absolute atomic E-state index is 11.7. The molecule has 2 aromatic rings. The number of benzene rings is 1. The summed E-state index contributed by atoms with van der Waals surface area (Å²) >= 11 is 0. The van der Waals surface area contributed by atoms with E-state index in [0.717, 1.165) is 30.8 Å². The maximum atomic E-state index is 11.7. The van der Waals surface area contributed by atoms with E-state index in [1.807, 2.05) is 30.3 Å². The van der Waals surface area contributed by atoms with Crippen LogP contribution in [-0.2, 0) is 16.1 Å². The number of methoxy groups -OCH3 is 1. The smallest absolute Gasteiger partial charge is 0.323 e. The van der Waals surface area contributed by atoms with E-state index < -0.39 is 0 Å². The molecule has 0 N–H and O–H groups in total. The molecule has 6 heteroatoms. The third kappa shape index (κ3) is 2.95. The van der Waals surface area contributed by atoms with Crippen molar-refractivity contribution in [1.82, 2.24) is 19.9 Å². The predicted octanol–water partition coefficient (Wildman–Crippen LogP) is 1.40. The summed E-state index contributed by atoms with van der Waals surface area (Å²) in [6.45, 7) is 1.50. The number of aromatic nitrogens is 3. The van der Waals surface area contributed by atoms with Gasteiger partial charge in [0, 0.05) is 6.54 Å². The molecule has 1 unspecified atom stereocenters. The Morgan fingerprint density at radius 2 is 2.19 bits per heavy atom. The molecule has 0 amide bonds.